The number of hydrogen-bond acceptors (Lipinski definition) is 2. The number of aromatic nitrogens is 2. The second-order valence-corrected chi connectivity index (χ2v) is 5.45. The SMILES string of the molecule is Nc1ccc(Cn2ccnc2-c2ccccc2Br)cc1. The maximum Gasteiger partial charge on any atom is 0.141 e. The van der Waals surface area contributed by atoms with Crippen LogP contribution >= 0.6 is 15.9 Å². The van der Waals surface area contributed by atoms with Crippen molar-refractivity contribution >= 4 is 21.6 Å². The number of hydrogen-bond donors (Lipinski definition) is 1. The van der Waals surface area contributed by atoms with E-state index in [1.54, 1.807) is 0 Å². The Balaban J connectivity index is 1.95. The average Bonchev–Trinajstić information content (AvgIpc) is 2.90. The molecule has 3 aromatic rings. The van der Waals surface area contributed by atoms with E-state index in [2.05, 4.69) is 31.5 Å². The molecule has 0 unspecified atom stereocenters. The standard InChI is InChI=1S/C16H14BrN3/c17-15-4-2-1-3-14(15)16-19-9-10-20(16)11-12-5-7-13(18)8-6-12/h1-10H,11,18H2. The molecule has 0 aliphatic carbocycles. The fourth-order valence-electron chi connectivity index (χ4n) is 2.14. The van der Waals surface area contributed by atoms with Crippen molar-refractivity contribution in [2.45, 2.75) is 6.54 Å². The smallest absolute Gasteiger partial charge is 0.141 e. The van der Waals surface area contributed by atoms with Gasteiger partial charge in [-0.05, 0) is 23.8 Å². The molecule has 0 saturated carbocycles. The first-order chi connectivity index (χ1) is 9.74. The van der Waals surface area contributed by atoms with Crippen LogP contribution in [0.25, 0.3) is 11.4 Å². The highest BCUT2D eigenvalue weighted by Crippen LogP contribution is 2.27. The molecule has 0 spiro atoms. The summed E-state index contributed by atoms with van der Waals surface area (Å²) in [7, 11) is 0. The molecular formula is C16H14BrN3. The van der Waals surface area contributed by atoms with Crippen LogP contribution in [0.2, 0.25) is 0 Å². The van der Waals surface area contributed by atoms with Gasteiger partial charge in [0.1, 0.15) is 5.82 Å². The lowest BCUT2D eigenvalue weighted by Crippen LogP contribution is -2.01. The summed E-state index contributed by atoms with van der Waals surface area (Å²) in [6.07, 6.45) is 3.82. The fourth-order valence-corrected chi connectivity index (χ4v) is 2.61. The van der Waals surface area contributed by atoms with E-state index >= 15 is 0 Å². The third-order valence-electron chi connectivity index (χ3n) is 3.16. The molecule has 3 nitrogen and oxygen atoms in total. The van der Waals surface area contributed by atoms with Gasteiger partial charge in [-0.3, -0.25) is 0 Å². The van der Waals surface area contributed by atoms with Crippen LogP contribution in [0, 0.1) is 0 Å². The Morgan fingerprint density at radius 2 is 1.80 bits per heavy atom. The first-order valence-corrected chi connectivity index (χ1v) is 7.14. The number of anilines is 1. The van der Waals surface area contributed by atoms with E-state index in [1.165, 1.54) is 5.56 Å². The summed E-state index contributed by atoms with van der Waals surface area (Å²) in [5, 5.41) is 0. The summed E-state index contributed by atoms with van der Waals surface area (Å²) in [4.78, 5) is 4.47. The molecule has 0 aliphatic rings. The van der Waals surface area contributed by atoms with Gasteiger partial charge in [0, 0.05) is 34.7 Å². The molecule has 0 aliphatic heterocycles. The normalized spacial score (nSPS) is 10.7. The van der Waals surface area contributed by atoms with Crippen molar-refractivity contribution in [2.24, 2.45) is 0 Å². The van der Waals surface area contributed by atoms with Crippen LogP contribution in [0.1, 0.15) is 5.56 Å². The molecule has 1 heterocycles. The molecule has 0 atom stereocenters. The molecule has 0 radical (unpaired) electrons. The van der Waals surface area contributed by atoms with Gasteiger partial charge in [0.25, 0.3) is 0 Å². The Morgan fingerprint density at radius 1 is 1.05 bits per heavy atom. The molecule has 100 valence electrons. The minimum Gasteiger partial charge on any atom is -0.399 e. The van der Waals surface area contributed by atoms with Crippen LogP contribution in [0.15, 0.2) is 65.4 Å². The third kappa shape index (κ3) is 2.60. The van der Waals surface area contributed by atoms with E-state index in [9.17, 15) is 0 Å². The number of rotatable bonds is 3. The minimum absolute atomic E-state index is 0.775. The zero-order valence-corrected chi connectivity index (χ0v) is 12.4. The van der Waals surface area contributed by atoms with Crippen LogP contribution in [-0.4, -0.2) is 9.55 Å². The Kier molecular flexibility index (Phi) is 3.56. The summed E-state index contributed by atoms with van der Waals surface area (Å²) in [6.45, 7) is 0.775. The Labute approximate surface area is 126 Å². The lowest BCUT2D eigenvalue weighted by Gasteiger charge is -2.09. The molecular weight excluding hydrogens is 314 g/mol. The van der Waals surface area contributed by atoms with Crippen LogP contribution in [0.3, 0.4) is 0 Å². The Hall–Kier alpha value is -2.07. The van der Waals surface area contributed by atoms with Crippen LogP contribution in [0.5, 0.6) is 0 Å². The van der Waals surface area contributed by atoms with Gasteiger partial charge >= 0.3 is 0 Å². The number of halogens is 1. The third-order valence-corrected chi connectivity index (χ3v) is 3.85. The first kappa shape index (κ1) is 12.9. The molecule has 0 fully saturated rings. The van der Waals surface area contributed by atoms with Crippen molar-refractivity contribution in [2.75, 3.05) is 5.73 Å². The van der Waals surface area contributed by atoms with Crippen molar-refractivity contribution in [1.82, 2.24) is 9.55 Å². The van der Waals surface area contributed by atoms with E-state index < -0.39 is 0 Å². The van der Waals surface area contributed by atoms with Crippen LogP contribution < -0.4 is 5.73 Å². The van der Waals surface area contributed by atoms with Crippen molar-refractivity contribution in [3.63, 3.8) is 0 Å². The molecule has 3 rings (SSSR count). The van der Waals surface area contributed by atoms with Crippen molar-refractivity contribution in [1.29, 1.82) is 0 Å². The molecule has 0 bridgehead atoms. The fraction of sp³-hybridized carbons (Fsp3) is 0.0625. The number of nitrogens with two attached hydrogens (primary N) is 1. The number of imidazole rings is 1. The van der Waals surface area contributed by atoms with Gasteiger partial charge in [-0.2, -0.15) is 0 Å². The van der Waals surface area contributed by atoms with Gasteiger partial charge in [-0.25, -0.2) is 4.98 Å². The average molecular weight is 328 g/mol. The van der Waals surface area contributed by atoms with Gasteiger partial charge in [-0.15, -0.1) is 0 Å². The first-order valence-electron chi connectivity index (χ1n) is 6.34. The number of nitrogens with zero attached hydrogens (tertiary/aromatic N) is 2. The summed E-state index contributed by atoms with van der Waals surface area (Å²) in [5.74, 6) is 0.953. The number of nitrogen functional groups attached to an aromatic ring is 1. The zero-order valence-electron chi connectivity index (χ0n) is 10.8. The largest absolute Gasteiger partial charge is 0.399 e. The minimum atomic E-state index is 0.775. The van der Waals surface area contributed by atoms with Crippen molar-refractivity contribution < 1.29 is 0 Å². The van der Waals surface area contributed by atoms with Crippen molar-refractivity contribution in [3.05, 3.63) is 71.0 Å². The quantitative estimate of drug-likeness (QED) is 0.740. The Morgan fingerprint density at radius 3 is 2.55 bits per heavy atom. The summed E-state index contributed by atoms with van der Waals surface area (Å²) >= 11 is 3.58. The molecule has 20 heavy (non-hydrogen) atoms. The highest BCUT2D eigenvalue weighted by Gasteiger charge is 2.09. The summed E-state index contributed by atoms with van der Waals surface area (Å²) in [5.41, 5.74) is 8.79. The highest BCUT2D eigenvalue weighted by atomic mass is 79.9. The van der Waals surface area contributed by atoms with E-state index in [0.29, 0.717) is 0 Å². The lowest BCUT2D eigenvalue weighted by atomic mass is 10.2. The van der Waals surface area contributed by atoms with Crippen molar-refractivity contribution in [3.8, 4) is 11.4 Å². The van der Waals surface area contributed by atoms with E-state index in [-0.39, 0.29) is 0 Å². The lowest BCUT2D eigenvalue weighted by molar-refractivity contribution is 0.807. The molecule has 4 heteroatoms. The zero-order chi connectivity index (χ0) is 13.9. The molecule has 2 N–H and O–H groups in total. The summed E-state index contributed by atoms with van der Waals surface area (Å²) in [6, 6.07) is 16.0. The topological polar surface area (TPSA) is 43.8 Å². The van der Waals surface area contributed by atoms with Gasteiger partial charge in [0.05, 0.1) is 0 Å². The van der Waals surface area contributed by atoms with Gasteiger partial charge < -0.3 is 10.3 Å². The van der Waals surface area contributed by atoms with Crippen LogP contribution in [-0.2, 0) is 6.54 Å². The predicted octanol–water partition coefficient (Wildman–Crippen LogP) is 3.94. The van der Waals surface area contributed by atoms with Gasteiger partial charge in [0.15, 0.2) is 0 Å². The van der Waals surface area contributed by atoms with E-state index in [4.69, 9.17) is 5.73 Å². The van der Waals surface area contributed by atoms with E-state index in [1.807, 2.05) is 54.9 Å². The maximum absolute atomic E-state index is 5.72. The van der Waals surface area contributed by atoms with Gasteiger partial charge in [-0.1, -0.05) is 46.3 Å². The Bertz CT molecular complexity index is 717. The highest BCUT2D eigenvalue weighted by molar-refractivity contribution is 9.10. The molecule has 2 aromatic carbocycles. The summed E-state index contributed by atoms with van der Waals surface area (Å²) < 4.78 is 3.18. The van der Waals surface area contributed by atoms with E-state index in [0.717, 1.165) is 28.1 Å². The molecule has 0 amide bonds. The predicted molar refractivity (Wildman–Crippen MR) is 85.3 cm³/mol. The molecule has 1 aromatic heterocycles. The monoisotopic (exact) mass is 327 g/mol. The second-order valence-electron chi connectivity index (χ2n) is 4.60. The molecule has 0 saturated heterocycles. The van der Waals surface area contributed by atoms with Crippen LogP contribution in [0.4, 0.5) is 5.69 Å². The maximum atomic E-state index is 5.72. The second kappa shape index (κ2) is 5.51. The van der Waals surface area contributed by atoms with Gasteiger partial charge in [0.2, 0.25) is 0 Å². The number of benzene rings is 2.